The molecule has 0 saturated carbocycles. The minimum Gasteiger partial charge on any atom is -0.488 e. The van der Waals surface area contributed by atoms with Gasteiger partial charge in [-0.1, -0.05) is 39.8 Å². The molecule has 0 N–H and O–H groups in total. The first-order valence-electron chi connectivity index (χ1n) is 10.0. The van der Waals surface area contributed by atoms with E-state index in [-0.39, 0.29) is 16.7 Å². The van der Waals surface area contributed by atoms with Crippen molar-refractivity contribution in [1.29, 1.82) is 5.26 Å². The third-order valence-electron chi connectivity index (χ3n) is 5.44. The van der Waals surface area contributed by atoms with Gasteiger partial charge < -0.3 is 4.74 Å². The molecule has 0 bridgehead atoms. The van der Waals surface area contributed by atoms with Crippen molar-refractivity contribution in [3.8, 4) is 11.8 Å². The lowest BCUT2D eigenvalue weighted by atomic mass is 9.66. The molecule has 0 aromatic heterocycles. The van der Waals surface area contributed by atoms with E-state index in [9.17, 15) is 0 Å². The van der Waals surface area contributed by atoms with Gasteiger partial charge in [0.1, 0.15) is 23.0 Å². The molecule has 1 unspecified atom stereocenters. The Morgan fingerprint density at radius 2 is 1.45 bits per heavy atom. The molecule has 0 radical (unpaired) electrons. The van der Waals surface area contributed by atoms with Crippen LogP contribution in [0.4, 0.5) is 8.78 Å². The van der Waals surface area contributed by atoms with Crippen molar-refractivity contribution in [1.82, 2.24) is 0 Å². The lowest BCUT2D eigenvalue weighted by Gasteiger charge is -2.38. The highest BCUT2D eigenvalue weighted by molar-refractivity contribution is 5.38. The van der Waals surface area contributed by atoms with Crippen molar-refractivity contribution in [2.24, 2.45) is 0 Å². The molecule has 2 aromatic rings. The Balaban J connectivity index is 2.41. The molecule has 2 rings (SSSR count). The summed E-state index contributed by atoms with van der Waals surface area (Å²) in [6.07, 6.45) is 1.35. The van der Waals surface area contributed by atoms with Crippen molar-refractivity contribution >= 4 is 0 Å². The van der Waals surface area contributed by atoms with Gasteiger partial charge in [0, 0.05) is 17.7 Å². The Bertz CT molecular complexity index is 881. The highest BCUT2D eigenvalue weighted by atomic mass is 19.1. The first-order valence-corrected chi connectivity index (χ1v) is 10.0. The van der Waals surface area contributed by atoms with Gasteiger partial charge in [-0.25, -0.2) is 8.78 Å². The minimum atomic E-state index is -0.743. The summed E-state index contributed by atoms with van der Waals surface area (Å²) in [7, 11) is 0. The predicted octanol–water partition coefficient (Wildman–Crippen LogP) is 7.05. The molecule has 0 spiro atoms. The number of benzene rings is 2. The zero-order valence-corrected chi connectivity index (χ0v) is 18.5. The Morgan fingerprint density at radius 3 is 1.86 bits per heavy atom. The quantitative estimate of drug-likeness (QED) is 0.521. The second-order valence-corrected chi connectivity index (χ2v) is 9.64. The number of ether oxygens (including phenoxy) is 1. The van der Waals surface area contributed by atoms with E-state index in [4.69, 9.17) is 10.00 Å². The maximum atomic E-state index is 15.0. The molecule has 2 nitrogen and oxygen atoms in total. The van der Waals surface area contributed by atoms with Gasteiger partial charge in [0.25, 0.3) is 0 Å². The highest BCUT2D eigenvalue weighted by Gasteiger charge is 2.37. The van der Waals surface area contributed by atoms with Crippen molar-refractivity contribution in [3.05, 3.63) is 64.7 Å². The number of hydrogen-bond donors (Lipinski definition) is 0. The van der Waals surface area contributed by atoms with E-state index < -0.39 is 22.7 Å². The average molecular weight is 400 g/mol. The van der Waals surface area contributed by atoms with Crippen LogP contribution < -0.4 is 4.74 Å². The van der Waals surface area contributed by atoms with Crippen molar-refractivity contribution in [2.45, 2.75) is 77.7 Å². The van der Waals surface area contributed by atoms with Crippen LogP contribution in [0.3, 0.4) is 0 Å². The second kappa shape index (κ2) is 8.14. The summed E-state index contributed by atoms with van der Waals surface area (Å²) in [5.41, 5.74) is 0.154. The summed E-state index contributed by atoms with van der Waals surface area (Å²) in [5.74, 6) is -0.988. The normalized spacial score (nSPS) is 14.2. The predicted molar refractivity (Wildman–Crippen MR) is 113 cm³/mol. The van der Waals surface area contributed by atoms with Gasteiger partial charge in [-0.3, -0.25) is 0 Å². The highest BCUT2D eigenvalue weighted by Crippen LogP contribution is 2.43. The van der Waals surface area contributed by atoms with Crippen LogP contribution in [-0.2, 0) is 10.8 Å². The first kappa shape index (κ1) is 22.9. The largest absolute Gasteiger partial charge is 0.488 e. The molecule has 2 aromatic carbocycles. The van der Waals surface area contributed by atoms with Crippen molar-refractivity contribution in [3.63, 3.8) is 0 Å². The van der Waals surface area contributed by atoms with Crippen LogP contribution in [0.25, 0.3) is 0 Å². The summed E-state index contributed by atoms with van der Waals surface area (Å²) in [6, 6.07) is 12.1. The summed E-state index contributed by atoms with van der Waals surface area (Å²) < 4.78 is 35.6. The lowest BCUT2D eigenvalue weighted by Crippen LogP contribution is -2.33. The summed E-state index contributed by atoms with van der Waals surface area (Å²) in [6.45, 7) is 13.4. The second-order valence-electron chi connectivity index (χ2n) is 9.64. The minimum absolute atomic E-state index is 0.0760. The molecule has 0 heterocycles. The van der Waals surface area contributed by atoms with Gasteiger partial charge >= 0.3 is 0 Å². The third-order valence-corrected chi connectivity index (χ3v) is 5.44. The molecule has 0 fully saturated rings. The number of nitrogens with zero attached hydrogens (tertiary/aromatic N) is 1. The topological polar surface area (TPSA) is 33.0 Å². The van der Waals surface area contributed by atoms with Crippen LogP contribution in [0, 0.1) is 23.0 Å². The molecule has 0 amide bonds. The van der Waals surface area contributed by atoms with E-state index in [1.807, 2.05) is 46.8 Å². The number of nitriles is 1. The monoisotopic (exact) mass is 399 g/mol. The van der Waals surface area contributed by atoms with Crippen LogP contribution in [0.5, 0.6) is 5.75 Å². The molecular formula is C25H31F2NO. The molecule has 0 aliphatic carbocycles. The van der Waals surface area contributed by atoms with E-state index in [2.05, 4.69) is 19.9 Å². The fourth-order valence-electron chi connectivity index (χ4n) is 4.05. The standard InChI is InChI=1S/C25H31F2NO/c1-8-25(7,18-11-9-17(15-28)10-12-18)16-24(5,6)22-20(26)13-19(14-21(22)27)29-23(2,3)4/h9-14H,8,16H2,1-7H3. The number of halogens is 2. The SMILES string of the molecule is CCC(C)(CC(C)(C)c1c(F)cc(OC(C)(C)C)cc1F)c1ccc(C#N)cc1. The maximum absolute atomic E-state index is 15.0. The molecule has 4 heteroatoms. The molecule has 0 aliphatic rings. The van der Waals surface area contributed by atoms with E-state index >= 15 is 8.78 Å². The van der Waals surface area contributed by atoms with Crippen LogP contribution >= 0.6 is 0 Å². The zero-order chi connectivity index (χ0) is 22.0. The van der Waals surface area contributed by atoms with Crippen molar-refractivity contribution < 1.29 is 13.5 Å². The number of hydrogen-bond acceptors (Lipinski definition) is 2. The summed E-state index contributed by atoms with van der Waals surface area (Å²) >= 11 is 0. The fraction of sp³-hybridized carbons (Fsp3) is 0.480. The number of rotatable bonds is 6. The first-order chi connectivity index (χ1) is 13.3. The Morgan fingerprint density at radius 1 is 0.931 bits per heavy atom. The van der Waals surface area contributed by atoms with Crippen LogP contribution in [0.15, 0.2) is 36.4 Å². The smallest absolute Gasteiger partial charge is 0.133 e. The summed E-state index contributed by atoms with van der Waals surface area (Å²) in [4.78, 5) is 0. The zero-order valence-electron chi connectivity index (χ0n) is 18.5. The average Bonchev–Trinajstić information content (AvgIpc) is 2.58. The lowest BCUT2D eigenvalue weighted by molar-refractivity contribution is 0.129. The fourth-order valence-corrected chi connectivity index (χ4v) is 4.05. The van der Waals surface area contributed by atoms with Crippen LogP contribution in [0.1, 0.15) is 78.0 Å². The molecule has 29 heavy (non-hydrogen) atoms. The van der Waals surface area contributed by atoms with E-state index in [1.165, 1.54) is 12.1 Å². The van der Waals surface area contributed by atoms with E-state index in [1.54, 1.807) is 12.1 Å². The third kappa shape index (κ3) is 5.35. The maximum Gasteiger partial charge on any atom is 0.133 e. The summed E-state index contributed by atoms with van der Waals surface area (Å²) in [5, 5.41) is 9.03. The van der Waals surface area contributed by atoms with Gasteiger partial charge in [0.05, 0.1) is 11.6 Å². The van der Waals surface area contributed by atoms with Crippen LogP contribution in [0.2, 0.25) is 0 Å². The van der Waals surface area contributed by atoms with Gasteiger partial charge in [0.15, 0.2) is 0 Å². The molecular weight excluding hydrogens is 368 g/mol. The van der Waals surface area contributed by atoms with Gasteiger partial charge in [-0.2, -0.15) is 5.26 Å². The molecule has 0 saturated heterocycles. The Kier molecular flexibility index (Phi) is 6.42. The van der Waals surface area contributed by atoms with Gasteiger partial charge in [-0.15, -0.1) is 0 Å². The van der Waals surface area contributed by atoms with Gasteiger partial charge in [-0.05, 0) is 62.1 Å². The van der Waals surface area contributed by atoms with E-state index in [0.717, 1.165) is 12.0 Å². The van der Waals surface area contributed by atoms with Crippen molar-refractivity contribution in [2.75, 3.05) is 0 Å². The Labute approximate surface area is 173 Å². The molecule has 1 atom stereocenters. The van der Waals surface area contributed by atoms with E-state index in [0.29, 0.717) is 12.0 Å². The molecule has 156 valence electrons. The van der Waals surface area contributed by atoms with Crippen LogP contribution in [-0.4, -0.2) is 5.60 Å². The molecule has 0 aliphatic heterocycles. The van der Waals surface area contributed by atoms with Gasteiger partial charge in [0.2, 0.25) is 0 Å². The Hall–Kier alpha value is -2.41.